The Morgan fingerprint density at radius 3 is 1.98 bits per heavy atom. The van der Waals surface area contributed by atoms with Gasteiger partial charge in [-0.05, 0) is 49.6 Å². The summed E-state index contributed by atoms with van der Waals surface area (Å²) in [4.78, 5) is 4.14. The molecule has 0 spiro atoms. The van der Waals surface area contributed by atoms with Crippen LogP contribution in [0, 0.1) is 0 Å². The Labute approximate surface area is 245 Å². The van der Waals surface area contributed by atoms with Gasteiger partial charge >= 0.3 is 0 Å². The van der Waals surface area contributed by atoms with Crippen molar-refractivity contribution in [3.63, 3.8) is 0 Å². The van der Waals surface area contributed by atoms with Crippen molar-refractivity contribution in [2.75, 3.05) is 12.3 Å². The molecule has 2 aliphatic heterocycles. The normalized spacial score (nSPS) is 25.1. The number of nitrogens with two attached hydrogens (primary N) is 1. The average Bonchev–Trinajstić information content (AvgIpc) is 3.62. The maximum Gasteiger partial charge on any atom is 0.164 e. The molecule has 8 nitrogen and oxygen atoms in total. The third-order valence-electron chi connectivity index (χ3n) is 8.40. The molecule has 7 rings (SSSR count). The summed E-state index contributed by atoms with van der Waals surface area (Å²) in [5.74, 6) is -0.408. The Bertz CT molecular complexity index is 1600. The molecule has 2 aromatic heterocycles. The second kappa shape index (κ2) is 10.0. The Hall–Kier alpha value is -4.08. The maximum atomic E-state index is 7.15. The van der Waals surface area contributed by atoms with Gasteiger partial charge < -0.3 is 24.7 Å². The number of hydrogen-bond donors (Lipinski definition) is 1. The lowest BCUT2D eigenvalue weighted by Crippen LogP contribution is -2.43. The fraction of sp³-hybridized carbons (Fsp3) is 0.294. The molecule has 2 saturated heterocycles. The standard InChI is InChI=1S/C34H34N4O4/c1-32(2)41-30-28(40-29(33(30,3)42-32)26-19-20-27-31(35)36-22-37-38(26)27)21-39-34(23-13-7-4-8-14-23,24-15-9-5-10-16-24)25-17-11-6-12-18-25/h4-20,22,28-30H,21H2,1-3H3,(H2,35,36,37)/t28-,29+,30-,33+/m1/s1. The number of anilines is 1. The van der Waals surface area contributed by atoms with E-state index in [9.17, 15) is 0 Å². The summed E-state index contributed by atoms with van der Waals surface area (Å²) in [6.45, 7) is 6.16. The summed E-state index contributed by atoms with van der Waals surface area (Å²) in [6, 6.07) is 34.8. The smallest absolute Gasteiger partial charge is 0.164 e. The highest BCUT2D eigenvalue weighted by molar-refractivity contribution is 5.65. The maximum absolute atomic E-state index is 7.15. The van der Waals surface area contributed by atoms with Crippen molar-refractivity contribution < 1.29 is 18.9 Å². The molecule has 42 heavy (non-hydrogen) atoms. The van der Waals surface area contributed by atoms with E-state index in [1.165, 1.54) is 6.33 Å². The van der Waals surface area contributed by atoms with Gasteiger partial charge in [-0.25, -0.2) is 9.50 Å². The Kier molecular flexibility index (Phi) is 6.40. The van der Waals surface area contributed by atoms with Gasteiger partial charge in [0.2, 0.25) is 0 Å². The molecule has 4 atom stereocenters. The first-order valence-corrected chi connectivity index (χ1v) is 14.2. The summed E-state index contributed by atoms with van der Waals surface area (Å²) in [5.41, 5.74) is 9.05. The lowest BCUT2D eigenvalue weighted by atomic mass is 9.80. The van der Waals surface area contributed by atoms with Crippen molar-refractivity contribution in [2.24, 2.45) is 0 Å². The highest BCUT2D eigenvalue weighted by atomic mass is 16.8. The minimum absolute atomic E-state index is 0.245. The van der Waals surface area contributed by atoms with Crippen LogP contribution >= 0.6 is 0 Å². The van der Waals surface area contributed by atoms with Gasteiger partial charge in [-0.2, -0.15) is 5.10 Å². The van der Waals surface area contributed by atoms with Gasteiger partial charge in [0.25, 0.3) is 0 Å². The minimum atomic E-state index is -0.889. The molecule has 0 unspecified atom stereocenters. The molecule has 0 bridgehead atoms. The van der Waals surface area contributed by atoms with Crippen LogP contribution in [-0.2, 0) is 24.5 Å². The number of nitrogens with zero attached hydrogens (tertiary/aromatic N) is 3. The number of hydrogen-bond acceptors (Lipinski definition) is 7. The van der Waals surface area contributed by atoms with Crippen LogP contribution in [0.3, 0.4) is 0 Å². The zero-order valence-electron chi connectivity index (χ0n) is 23.9. The molecule has 2 fully saturated rings. The van der Waals surface area contributed by atoms with Gasteiger partial charge in [-0.15, -0.1) is 0 Å². The number of aromatic nitrogens is 3. The van der Waals surface area contributed by atoms with Gasteiger partial charge in [-0.1, -0.05) is 91.0 Å². The van der Waals surface area contributed by atoms with Gasteiger partial charge in [0.05, 0.1) is 12.3 Å². The first-order chi connectivity index (χ1) is 20.3. The van der Waals surface area contributed by atoms with E-state index in [1.54, 1.807) is 4.52 Å². The number of ether oxygens (including phenoxy) is 4. The van der Waals surface area contributed by atoms with Crippen molar-refractivity contribution in [3.8, 4) is 0 Å². The molecule has 0 amide bonds. The molecule has 0 radical (unpaired) electrons. The zero-order chi connectivity index (χ0) is 29.0. The fourth-order valence-corrected chi connectivity index (χ4v) is 6.70. The van der Waals surface area contributed by atoms with E-state index in [4.69, 9.17) is 24.7 Å². The molecule has 2 aliphatic rings. The van der Waals surface area contributed by atoms with Crippen LogP contribution in [0.4, 0.5) is 5.82 Å². The molecule has 3 aromatic carbocycles. The molecule has 2 N–H and O–H groups in total. The topological polar surface area (TPSA) is 93.1 Å². The van der Waals surface area contributed by atoms with E-state index >= 15 is 0 Å². The monoisotopic (exact) mass is 562 g/mol. The highest BCUT2D eigenvalue weighted by Gasteiger charge is 2.64. The van der Waals surface area contributed by atoms with Crippen molar-refractivity contribution in [2.45, 2.75) is 56.1 Å². The predicted octanol–water partition coefficient (Wildman–Crippen LogP) is 5.67. The van der Waals surface area contributed by atoms with Crippen molar-refractivity contribution in [1.29, 1.82) is 0 Å². The molecule has 5 aromatic rings. The third-order valence-corrected chi connectivity index (χ3v) is 8.40. The SMILES string of the molecule is CC1(C)O[C@@H]2[C@@H](COC(c3ccccc3)(c3ccccc3)c3ccccc3)O[C@@H](c3ccc4c(N)ncnn34)[C@]2(C)O1. The van der Waals surface area contributed by atoms with E-state index in [0.717, 1.165) is 22.4 Å². The quantitative estimate of drug-likeness (QED) is 0.256. The van der Waals surface area contributed by atoms with Crippen molar-refractivity contribution in [3.05, 3.63) is 132 Å². The number of benzene rings is 3. The van der Waals surface area contributed by atoms with Crippen molar-refractivity contribution in [1.82, 2.24) is 14.6 Å². The fourth-order valence-electron chi connectivity index (χ4n) is 6.70. The summed E-state index contributed by atoms with van der Waals surface area (Å²) < 4.78 is 28.9. The summed E-state index contributed by atoms with van der Waals surface area (Å²) in [5, 5.41) is 4.48. The molecular formula is C34H34N4O4. The van der Waals surface area contributed by atoms with E-state index in [0.29, 0.717) is 11.3 Å². The molecule has 8 heteroatoms. The summed E-state index contributed by atoms with van der Waals surface area (Å²) in [6.07, 6.45) is 0.115. The zero-order valence-corrected chi connectivity index (χ0v) is 23.9. The van der Waals surface area contributed by atoms with Crippen LogP contribution in [0.5, 0.6) is 0 Å². The molecule has 0 saturated carbocycles. The molecule has 4 heterocycles. The molecule has 0 aliphatic carbocycles. The van der Waals surface area contributed by atoms with Crippen molar-refractivity contribution >= 4 is 11.3 Å². The minimum Gasteiger partial charge on any atom is -0.382 e. The lowest BCUT2D eigenvalue weighted by Gasteiger charge is -2.37. The van der Waals surface area contributed by atoms with Crippen LogP contribution < -0.4 is 5.73 Å². The Morgan fingerprint density at radius 2 is 1.40 bits per heavy atom. The average molecular weight is 563 g/mol. The number of fused-ring (bicyclic) bond motifs is 2. The van der Waals surface area contributed by atoms with Crippen LogP contribution in [-0.4, -0.2) is 44.8 Å². The summed E-state index contributed by atoms with van der Waals surface area (Å²) >= 11 is 0. The van der Waals surface area contributed by atoms with E-state index in [2.05, 4.69) is 46.5 Å². The van der Waals surface area contributed by atoms with E-state index in [1.807, 2.05) is 87.5 Å². The largest absolute Gasteiger partial charge is 0.382 e. The first-order valence-electron chi connectivity index (χ1n) is 14.2. The molecular weight excluding hydrogens is 528 g/mol. The lowest BCUT2D eigenvalue weighted by molar-refractivity contribution is -0.210. The van der Waals surface area contributed by atoms with Gasteiger partial charge in [0.15, 0.2) is 11.6 Å². The second-order valence-corrected chi connectivity index (χ2v) is 11.6. The van der Waals surface area contributed by atoms with Gasteiger partial charge in [0, 0.05) is 0 Å². The highest BCUT2D eigenvalue weighted by Crippen LogP contribution is 2.53. The number of rotatable bonds is 7. The second-order valence-electron chi connectivity index (χ2n) is 11.6. The van der Waals surface area contributed by atoms with Gasteiger partial charge in [0.1, 0.15) is 41.4 Å². The van der Waals surface area contributed by atoms with Crippen LogP contribution in [0.25, 0.3) is 5.52 Å². The summed E-state index contributed by atoms with van der Waals surface area (Å²) in [7, 11) is 0. The predicted molar refractivity (Wildman–Crippen MR) is 159 cm³/mol. The van der Waals surface area contributed by atoms with E-state index < -0.39 is 35.3 Å². The first kappa shape index (κ1) is 26.8. The Morgan fingerprint density at radius 1 is 0.833 bits per heavy atom. The van der Waals surface area contributed by atoms with Gasteiger partial charge in [-0.3, -0.25) is 0 Å². The Balaban J connectivity index is 1.31. The molecule has 214 valence electrons. The van der Waals surface area contributed by atoms with E-state index in [-0.39, 0.29) is 6.61 Å². The van der Waals surface area contributed by atoms with Crippen LogP contribution in [0.1, 0.15) is 49.3 Å². The number of nitrogen functional groups attached to an aromatic ring is 1. The van der Waals surface area contributed by atoms with Crippen LogP contribution in [0.2, 0.25) is 0 Å². The van der Waals surface area contributed by atoms with Crippen LogP contribution in [0.15, 0.2) is 109 Å². The third kappa shape index (κ3) is 4.22.